The zero-order valence-electron chi connectivity index (χ0n) is 12.2. The van der Waals surface area contributed by atoms with Crippen LogP contribution in [0.5, 0.6) is 0 Å². The number of hydrogen-bond donors (Lipinski definition) is 2. The van der Waals surface area contributed by atoms with Gasteiger partial charge >= 0.3 is 0 Å². The lowest BCUT2D eigenvalue weighted by Crippen LogP contribution is -2.27. The molecule has 0 saturated heterocycles. The fraction of sp³-hybridized carbons (Fsp3) is 0.692. The van der Waals surface area contributed by atoms with Gasteiger partial charge in [0.2, 0.25) is 0 Å². The first-order valence-electron chi connectivity index (χ1n) is 6.71. The molecule has 0 aromatic carbocycles. The third-order valence-corrected chi connectivity index (χ3v) is 3.72. The molecule has 1 aromatic rings. The lowest BCUT2D eigenvalue weighted by molar-refractivity contribution is 0.0799. The molecular weight excluding hydrogens is 260 g/mol. The van der Waals surface area contributed by atoms with Crippen molar-refractivity contribution in [1.29, 1.82) is 0 Å². The molecule has 0 saturated carbocycles. The first-order valence-corrected chi connectivity index (χ1v) is 7.53. The van der Waals surface area contributed by atoms with E-state index in [1.807, 2.05) is 0 Å². The predicted octanol–water partition coefficient (Wildman–Crippen LogP) is 2.67. The van der Waals surface area contributed by atoms with Crippen molar-refractivity contribution in [2.24, 2.45) is 5.92 Å². The summed E-state index contributed by atoms with van der Waals surface area (Å²) in [6.45, 7) is 7.92. The molecule has 5 nitrogen and oxygen atoms in total. The van der Waals surface area contributed by atoms with E-state index in [1.165, 1.54) is 11.3 Å². The number of anilines is 2. The van der Waals surface area contributed by atoms with E-state index in [0.29, 0.717) is 16.6 Å². The van der Waals surface area contributed by atoms with Gasteiger partial charge in [0.15, 0.2) is 5.13 Å². The van der Waals surface area contributed by atoms with Crippen molar-refractivity contribution in [3.05, 3.63) is 4.88 Å². The van der Waals surface area contributed by atoms with Crippen molar-refractivity contribution in [2.45, 2.75) is 33.6 Å². The number of nitrogen functional groups attached to an aromatic ring is 1. The van der Waals surface area contributed by atoms with Crippen molar-refractivity contribution in [1.82, 2.24) is 9.88 Å². The van der Waals surface area contributed by atoms with Crippen LogP contribution in [0, 0.1) is 5.92 Å². The summed E-state index contributed by atoms with van der Waals surface area (Å²) in [7, 11) is 1.80. The Morgan fingerprint density at radius 3 is 2.79 bits per heavy atom. The van der Waals surface area contributed by atoms with Gasteiger partial charge in [-0.05, 0) is 12.3 Å². The van der Waals surface area contributed by atoms with E-state index in [9.17, 15) is 4.79 Å². The fourth-order valence-corrected chi connectivity index (χ4v) is 2.41. The summed E-state index contributed by atoms with van der Waals surface area (Å²) < 4.78 is 0. The van der Waals surface area contributed by atoms with E-state index in [2.05, 4.69) is 31.1 Å². The van der Waals surface area contributed by atoms with Crippen molar-refractivity contribution in [3.63, 3.8) is 0 Å². The van der Waals surface area contributed by atoms with Gasteiger partial charge in [0, 0.05) is 20.1 Å². The van der Waals surface area contributed by atoms with Crippen molar-refractivity contribution in [2.75, 3.05) is 31.2 Å². The van der Waals surface area contributed by atoms with Crippen LogP contribution in [0.4, 0.5) is 10.9 Å². The van der Waals surface area contributed by atoms with Crippen molar-refractivity contribution < 1.29 is 4.79 Å². The molecule has 0 atom stereocenters. The van der Waals surface area contributed by atoms with E-state index < -0.39 is 0 Å². The Kier molecular flexibility index (Phi) is 6.08. The van der Waals surface area contributed by atoms with Crippen LogP contribution < -0.4 is 11.1 Å². The highest BCUT2D eigenvalue weighted by Crippen LogP contribution is 2.26. The second-order valence-electron chi connectivity index (χ2n) is 5.09. The Hall–Kier alpha value is -1.30. The van der Waals surface area contributed by atoms with Crippen LogP contribution in [0.25, 0.3) is 0 Å². The van der Waals surface area contributed by atoms with Gasteiger partial charge in [-0.3, -0.25) is 4.79 Å². The van der Waals surface area contributed by atoms with Gasteiger partial charge in [0.05, 0.1) is 0 Å². The Morgan fingerprint density at radius 1 is 1.53 bits per heavy atom. The van der Waals surface area contributed by atoms with Crippen molar-refractivity contribution in [3.8, 4) is 0 Å². The first-order chi connectivity index (χ1) is 8.95. The topological polar surface area (TPSA) is 71.2 Å². The van der Waals surface area contributed by atoms with E-state index in [4.69, 9.17) is 5.73 Å². The number of aromatic nitrogens is 1. The summed E-state index contributed by atoms with van der Waals surface area (Å²) in [5.41, 5.74) is 5.83. The molecular formula is C13H24N4OS. The van der Waals surface area contributed by atoms with Gasteiger partial charge in [0.25, 0.3) is 5.91 Å². The molecule has 0 aliphatic rings. The number of nitrogens with one attached hydrogen (secondary N) is 1. The van der Waals surface area contributed by atoms with Gasteiger partial charge < -0.3 is 16.0 Å². The fourth-order valence-electron chi connectivity index (χ4n) is 1.52. The summed E-state index contributed by atoms with van der Waals surface area (Å²) in [5, 5.41) is 3.92. The molecule has 0 bridgehead atoms. The van der Waals surface area contributed by atoms with Crippen LogP contribution in [0.2, 0.25) is 0 Å². The highest BCUT2D eigenvalue weighted by Gasteiger charge is 2.19. The van der Waals surface area contributed by atoms with Gasteiger partial charge in [-0.25, -0.2) is 4.98 Å². The molecule has 1 amide bonds. The lowest BCUT2D eigenvalue weighted by Gasteiger charge is -2.15. The molecule has 0 fully saturated rings. The number of carbonyl (C=O) groups is 1. The average molecular weight is 284 g/mol. The largest absolute Gasteiger partial charge is 0.382 e. The number of nitrogens with two attached hydrogens (primary N) is 1. The molecule has 19 heavy (non-hydrogen) atoms. The van der Waals surface area contributed by atoms with Crippen LogP contribution in [0.15, 0.2) is 0 Å². The molecule has 3 N–H and O–H groups in total. The number of nitrogens with zero attached hydrogens (tertiary/aromatic N) is 2. The molecule has 0 unspecified atom stereocenters. The molecule has 108 valence electrons. The Balaban J connectivity index is 2.69. The highest BCUT2D eigenvalue weighted by atomic mass is 32.1. The third-order valence-electron chi connectivity index (χ3n) is 2.70. The zero-order valence-corrected chi connectivity index (χ0v) is 13.0. The second kappa shape index (κ2) is 7.33. The van der Waals surface area contributed by atoms with E-state index >= 15 is 0 Å². The SMILES string of the molecule is CCCCN(C)C(=O)c1sc(NCC(C)C)nc1N. The number of carbonyl (C=O) groups excluding carboxylic acids is 1. The summed E-state index contributed by atoms with van der Waals surface area (Å²) in [5.74, 6) is 0.808. The predicted molar refractivity (Wildman–Crippen MR) is 81.7 cm³/mol. The van der Waals surface area contributed by atoms with Crippen LogP contribution in [0.1, 0.15) is 43.3 Å². The van der Waals surface area contributed by atoms with Crippen LogP contribution >= 0.6 is 11.3 Å². The maximum absolute atomic E-state index is 12.2. The monoisotopic (exact) mass is 284 g/mol. The van der Waals surface area contributed by atoms with Gasteiger partial charge in [0.1, 0.15) is 10.7 Å². The van der Waals surface area contributed by atoms with Crippen molar-refractivity contribution >= 4 is 28.2 Å². The normalized spacial score (nSPS) is 10.8. The van der Waals surface area contributed by atoms with Gasteiger partial charge in [-0.15, -0.1) is 0 Å². The van der Waals surface area contributed by atoms with E-state index in [0.717, 1.165) is 31.1 Å². The Bertz CT molecular complexity index is 417. The quantitative estimate of drug-likeness (QED) is 0.807. The summed E-state index contributed by atoms with van der Waals surface area (Å²) in [6.07, 6.45) is 2.07. The molecule has 1 heterocycles. The molecule has 0 aliphatic carbocycles. The van der Waals surface area contributed by atoms with Gasteiger partial charge in [-0.1, -0.05) is 38.5 Å². The summed E-state index contributed by atoms with van der Waals surface area (Å²) >= 11 is 1.33. The number of rotatable bonds is 7. The molecule has 0 radical (unpaired) electrons. The minimum absolute atomic E-state index is 0.0407. The average Bonchev–Trinajstić information content (AvgIpc) is 2.73. The maximum Gasteiger partial charge on any atom is 0.267 e. The van der Waals surface area contributed by atoms with Crippen LogP contribution in [-0.2, 0) is 0 Å². The molecule has 0 aliphatic heterocycles. The highest BCUT2D eigenvalue weighted by molar-refractivity contribution is 7.18. The zero-order chi connectivity index (χ0) is 14.4. The number of amides is 1. The van der Waals surface area contributed by atoms with E-state index in [1.54, 1.807) is 11.9 Å². The minimum Gasteiger partial charge on any atom is -0.382 e. The lowest BCUT2D eigenvalue weighted by atomic mass is 10.2. The summed E-state index contributed by atoms with van der Waals surface area (Å²) in [6, 6.07) is 0. The van der Waals surface area contributed by atoms with Crippen LogP contribution in [0.3, 0.4) is 0 Å². The minimum atomic E-state index is -0.0407. The Morgan fingerprint density at radius 2 is 2.21 bits per heavy atom. The second-order valence-corrected chi connectivity index (χ2v) is 6.09. The standard InChI is InChI=1S/C13H24N4OS/c1-5-6-7-17(4)12(18)10-11(14)16-13(19-10)15-8-9(2)3/h9H,5-8,14H2,1-4H3,(H,15,16). The first kappa shape index (κ1) is 15.8. The number of unbranched alkanes of at least 4 members (excludes halogenated alkanes) is 1. The molecule has 0 spiro atoms. The molecule has 6 heteroatoms. The third kappa shape index (κ3) is 4.70. The van der Waals surface area contributed by atoms with E-state index in [-0.39, 0.29) is 5.91 Å². The summed E-state index contributed by atoms with van der Waals surface area (Å²) in [4.78, 5) is 18.7. The smallest absolute Gasteiger partial charge is 0.267 e. The molecule has 1 rings (SSSR count). The maximum atomic E-state index is 12.2. The van der Waals surface area contributed by atoms with Gasteiger partial charge in [-0.2, -0.15) is 0 Å². The van der Waals surface area contributed by atoms with Crippen LogP contribution in [-0.4, -0.2) is 35.9 Å². The molecule has 1 aromatic heterocycles. The number of hydrogen-bond acceptors (Lipinski definition) is 5. The Labute approximate surface area is 119 Å². The number of thiazole rings is 1.